The van der Waals surface area contributed by atoms with E-state index < -0.39 is 0 Å². The molecular weight excluding hydrogens is 409 g/mol. The fraction of sp³-hybridized carbons (Fsp3) is 0.478. The zero-order valence-corrected chi connectivity index (χ0v) is 18.1. The number of rotatable bonds is 6. The van der Waals surface area contributed by atoms with Gasteiger partial charge in [-0.15, -0.1) is 0 Å². The van der Waals surface area contributed by atoms with Gasteiger partial charge in [0, 0.05) is 44.3 Å². The maximum atomic E-state index is 13.2. The van der Waals surface area contributed by atoms with Crippen molar-refractivity contribution in [1.29, 1.82) is 0 Å². The average molecular weight is 438 g/mol. The number of anilines is 2. The van der Waals surface area contributed by atoms with Gasteiger partial charge in [0.05, 0.1) is 18.1 Å². The molecule has 1 aliphatic heterocycles. The van der Waals surface area contributed by atoms with E-state index in [0.717, 1.165) is 74.4 Å². The first-order valence-electron chi connectivity index (χ1n) is 11.4. The summed E-state index contributed by atoms with van der Waals surface area (Å²) in [6.45, 7) is 4.41. The molecule has 168 valence electrons. The maximum Gasteiger partial charge on any atom is 0.223 e. The Bertz CT molecular complexity index is 1070. The third-order valence-electron chi connectivity index (χ3n) is 6.53. The normalized spacial score (nSPS) is 17.3. The van der Waals surface area contributed by atoms with E-state index in [1.165, 1.54) is 12.1 Å². The van der Waals surface area contributed by atoms with Crippen molar-refractivity contribution in [3.8, 4) is 0 Å². The Morgan fingerprint density at radius 3 is 2.50 bits per heavy atom. The molecule has 1 N–H and O–H groups in total. The summed E-state index contributed by atoms with van der Waals surface area (Å²) in [5, 5.41) is 8.47. The molecule has 9 heteroatoms. The molecule has 1 aromatic carbocycles. The highest BCUT2D eigenvalue weighted by Crippen LogP contribution is 2.26. The van der Waals surface area contributed by atoms with E-state index in [1.807, 2.05) is 23.0 Å². The molecule has 1 saturated heterocycles. The van der Waals surface area contributed by atoms with Gasteiger partial charge in [-0.3, -0.25) is 4.79 Å². The number of fused-ring (bicyclic) bond motifs is 1. The SMILES string of the molecule is O=C(NCCn1ncc2c(N3CCN(c4ccc(F)cc4)CC3)ncnc21)C1CCCC1. The zero-order valence-electron chi connectivity index (χ0n) is 18.1. The number of nitrogens with zero attached hydrogens (tertiary/aromatic N) is 6. The highest BCUT2D eigenvalue weighted by molar-refractivity contribution is 5.86. The first-order chi connectivity index (χ1) is 15.7. The first kappa shape index (κ1) is 20.7. The number of benzene rings is 1. The minimum atomic E-state index is -0.217. The third kappa shape index (κ3) is 4.24. The third-order valence-corrected chi connectivity index (χ3v) is 6.53. The molecule has 1 saturated carbocycles. The number of amides is 1. The summed E-state index contributed by atoms with van der Waals surface area (Å²) in [6.07, 6.45) is 7.71. The maximum absolute atomic E-state index is 13.2. The Morgan fingerprint density at radius 1 is 1.03 bits per heavy atom. The van der Waals surface area contributed by atoms with Gasteiger partial charge >= 0.3 is 0 Å². The van der Waals surface area contributed by atoms with Crippen molar-refractivity contribution >= 4 is 28.4 Å². The number of carbonyl (C=O) groups is 1. The molecule has 3 aromatic rings. The Kier molecular flexibility index (Phi) is 5.87. The van der Waals surface area contributed by atoms with Crippen molar-refractivity contribution in [3.05, 3.63) is 42.6 Å². The average Bonchev–Trinajstić information content (AvgIpc) is 3.50. The smallest absolute Gasteiger partial charge is 0.223 e. The summed E-state index contributed by atoms with van der Waals surface area (Å²) < 4.78 is 15.0. The quantitative estimate of drug-likeness (QED) is 0.639. The summed E-state index contributed by atoms with van der Waals surface area (Å²) in [4.78, 5) is 25.7. The summed E-state index contributed by atoms with van der Waals surface area (Å²) in [5.41, 5.74) is 1.82. The summed E-state index contributed by atoms with van der Waals surface area (Å²) in [5.74, 6) is 1.00. The van der Waals surface area contributed by atoms with Crippen LogP contribution >= 0.6 is 0 Å². The molecule has 2 aliphatic rings. The van der Waals surface area contributed by atoms with Gasteiger partial charge in [-0.25, -0.2) is 19.0 Å². The molecule has 0 atom stereocenters. The standard InChI is InChI=1S/C23H28FN7O/c24-18-5-7-19(8-6-18)29-11-13-30(14-12-29)21-20-15-28-31(22(20)27-16-26-21)10-9-25-23(32)17-3-1-2-4-17/h5-8,15-17H,1-4,9-14H2,(H,25,32). The molecule has 1 amide bonds. The van der Waals surface area contributed by atoms with Gasteiger partial charge in [-0.2, -0.15) is 5.10 Å². The lowest BCUT2D eigenvalue weighted by Gasteiger charge is -2.36. The summed E-state index contributed by atoms with van der Waals surface area (Å²) in [6, 6.07) is 6.65. The van der Waals surface area contributed by atoms with Crippen molar-refractivity contribution in [1.82, 2.24) is 25.1 Å². The number of aromatic nitrogens is 4. The van der Waals surface area contributed by atoms with E-state index in [0.29, 0.717) is 13.1 Å². The van der Waals surface area contributed by atoms with E-state index in [4.69, 9.17) is 0 Å². The van der Waals surface area contributed by atoms with Crippen molar-refractivity contribution in [3.63, 3.8) is 0 Å². The van der Waals surface area contributed by atoms with Crippen molar-refractivity contribution in [2.45, 2.75) is 32.2 Å². The van der Waals surface area contributed by atoms with Crippen LogP contribution in [0.25, 0.3) is 11.0 Å². The van der Waals surface area contributed by atoms with Crippen LogP contribution in [0.1, 0.15) is 25.7 Å². The summed E-state index contributed by atoms with van der Waals surface area (Å²) >= 11 is 0. The van der Waals surface area contributed by atoms with Gasteiger partial charge in [0.2, 0.25) is 5.91 Å². The number of piperazine rings is 1. The molecule has 5 rings (SSSR count). The van der Waals surface area contributed by atoms with E-state index in [-0.39, 0.29) is 17.6 Å². The fourth-order valence-corrected chi connectivity index (χ4v) is 4.74. The van der Waals surface area contributed by atoms with E-state index in [1.54, 1.807) is 6.33 Å². The van der Waals surface area contributed by atoms with Gasteiger partial charge in [-0.05, 0) is 37.1 Å². The van der Waals surface area contributed by atoms with Gasteiger partial charge in [0.1, 0.15) is 18.0 Å². The predicted molar refractivity (Wildman–Crippen MR) is 121 cm³/mol. The Hall–Kier alpha value is -3.23. The number of nitrogens with one attached hydrogen (secondary N) is 1. The second kappa shape index (κ2) is 9.10. The van der Waals surface area contributed by atoms with Gasteiger partial charge in [0.15, 0.2) is 5.65 Å². The van der Waals surface area contributed by atoms with Crippen molar-refractivity contribution < 1.29 is 9.18 Å². The number of hydrogen-bond acceptors (Lipinski definition) is 6. The minimum Gasteiger partial charge on any atom is -0.368 e. The molecule has 32 heavy (non-hydrogen) atoms. The largest absolute Gasteiger partial charge is 0.368 e. The minimum absolute atomic E-state index is 0.160. The second-order valence-corrected chi connectivity index (χ2v) is 8.53. The van der Waals surface area contributed by atoms with Crippen molar-refractivity contribution in [2.24, 2.45) is 5.92 Å². The van der Waals surface area contributed by atoms with Crippen LogP contribution in [0.5, 0.6) is 0 Å². The van der Waals surface area contributed by atoms with Crippen molar-refractivity contribution in [2.75, 3.05) is 42.5 Å². The molecule has 8 nitrogen and oxygen atoms in total. The van der Waals surface area contributed by atoms with Crippen LogP contribution in [0, 0.1) is 11.7 Å². The molecule has 0 unspecified atom stereocenters. The molecular formula is C23H28FN7O. The van der Waals surface area contributed by atoms with Crippen LogP contribution in [-0.4, -0.2) is 58.4 Å². The lowest BCUT2D eigenvalue weighted by molar-refractivity contribution is -0.124. The number of carbonyl (C=O) groups excluding carboxylic acids is 1. The molecule has 2 fully saturated rings. The monoisotopic (exact) mass is 437 g/mol. The molecule has 1 aliphatic carbocycles. The molecule has 2 aromatic heterocycles. The molecule has 0 spiro atoms. The van der Waals surface area contributed by atoms with Crippen LogP contribution in [-0.2, 0) is 11.3 Å². The highest BCUT2D eigenvalue weighted by atomic mass is 19.1. The highest BCUT2D eigenvalue weighted by Gasteiger charge is 2.23. The molecule has 0 bridgehead atoms. The Balaban J connectivity index is 1.22. The number of halogens is 1. The van der Waals surface area contributed by atoms with Gasteiger partial charge in [0.25, 0.3) is 0 Å². The summed E-state index contributed by atoms with van der Waals surface area (Å²) in [7, 11) is 0. The Labute approximate surface area is 186 Å². The zero-order chi connectivity index (χ0) is 21.9. The number of hydrogen-bond donors (Lipinski definition) is 1. The first-order valence-corrected chi connectivity index (χ1v) is 11.4. The molecule has 3 heterocycles. The van der Waals surface area contributed by atoms with Crippen LogP contribution in [0.3, 0.4) is 0 Å². The Morgan fingerprint density at radius 2 is 1.75 bits per heavy atom. The van der Waals surface area contributed by atoms with Gasteiger partial charge < -0.3 is 15.1 Å². The van der Waals surface area contributed by atoms with Crippen LogP contribution in [0.4, 0.5) is 15.9 Å². The fourth-order valence-electron chi connectivity index (χ4n) is 4.74. The van der Waals surface area contributed by atoms with E-state index >= 15 is 0 Å². The topological polar surface area (TPSA) is 79.2 Å². The lowest BCUT2D eigenvalue weighted by atomic mass is 10.1. The van der Waals surface area contributed by atoms with Crippen LogP contribution in [0.2, 0.25) is 0 Å². The van der Waals surface area contributed by atoms with E-state index in [9.17, 15) is 9.18 Å². The second-order valence-electron chi connectivity index (χ2n) is 8.53. The van der Waals surface area contributed by atoms with E-state index in [2.05, 4.69) is 30.2 Å². The van der Waals surface area contributed by atoms with Gasteiger partial charge in [-0.1, -0.05) is 12.8 Å². The van der Waals surface area contributed by atoms with Crippen LogP contribution < -0.4 is 15.1 Å². The lowest BCUT2D eigenvalue weighted by Crippen LogP contribution is -2.46. The molecule has 0 radical (unpaired) electrons. The van der Waals surface area contributed by atoms with Crippen LogP contribution in [0.15, 0.2) is 36.8 Å². The predicted octanol–water partition coefficient (Wildman–Crippen LogP) is 2.60.